The van der Waals surface area contributed by atoms with E-state index in [1.807, 2.05) is 44.4 Å². The van der Waals surface area contributed by atoms with Gasteiger partial charge >= 0.3 is 0 Å². The van der Waals surface area contributed by atoms with Gasteiger partial charge in [0.25, 0.3) is 11.5 Å². The van der Waals surface area contributed by atoms with Crippen molar-refractivity contribution in [3.05, 3.63) is 94.9 Å². The number of benzene rings is 1. The van der Waals surface area contributed by atoms with Crippen LogP contribution in [0.4, 0.5) is 0 Å². The van der Waals surface area contributed by atoms with E-state index in [0.717, 1.165) is 37.7 Å². The molecule has 0 radical (unpaired) electrons. The van der Waals surface area contributed by atoms with Gasteiger partial charge in [-0.2, -0.15) is 0 Å². The first-order valence-corrected chi connectivity index (χ1v) is 11.9. The van der Waals surface area contributed by atoms with Gasteiger partial charge in [0.1, 0.15) is 0 Å². The lowest BCUT2D eigenvalue weighted by Crippen LogP contribution is -2.30. The highest BCUT2D eigenvalue weighted by Crippen LogP contribution is 2.26. The zero-order chi connectivity index (χ0) is 26.1. The number of aromatic nitrogens is 1. The van der Waals surface area contributed by atoms with Gasteiger partial charge in [-0.15, -0.1) is 0 Å². The second-order valence-electron chi connectivity index (χ2n) is 8.41. The molecule has 7 nitrogen and oxygen atoms in total. The van der Waals surface area contributed by atoms with Crippen molar-refractivity contribution in [3.8, 4) is 0 Å². The molecule has 1 amide bonds. The predicted octanol–water partition coefficient (Wildman–Crippen LogP) is 3.57. The van der Waals surface area contributed by atoms with Crippen molar-refractivity contribution in [1.82, 2.24) is 15.2 Å². The molecule has 0 aliphatic heterocycles. The van der Waals surface area contributed by atoms with Gasteiger partial charge < -0.3 is 20.3 Å². The van der Waals surface area contributed by atoms with Gasteiger partial charge in [0, 0.05) is 12.7 Å². The maximum atomic E-state index is 12.5. The minimum atomic E-state index is -0.406. The molecule has 0 unspecified atom stereocenters. The third-order valence-electron chi connectivity index (χ3n) is 5.52. The van der Waals surface area contributed by atoms with Crippen LogP contribution in [-0.2, 0) is 6.54 Å². The quantitative estimate of drug-likeness (QED) is 0.395. The van der Waals surface area contributed by atoms with Crippen LogP contribution in [0.3, 0.4) is 0 Å². The molecule has 3 rings (SSSR count). The van der Waals surface area contributed by atoms with E-state index in [4.69, 9.17) is 0 Å². The summed E-state index contributed by atoms with van der Waals surface area (Å²) in [7, 11) is 3.75. The Bertz CT molecular complexity index is 971. The van der Waals surface area contributed by atoms with E-state index in [0.29, 0.717) is 30.9 Å². The summed E-state index contributed by atoms with van der Waals surface area (Å²) in [5.74, 6) is 0.224. The lowest BCUT2D eigenvalue weighted by atomic mass is 9.85. The van der Waals surface area contributed by atoms with Gasteiger partial charge in [-0.1, -0.05) is 55.6 Å². The van der Waals surface area contributed by atoms with Gasteiger partial charge in [0.05, 0.1) is 23.8 Å². The molecule has 2 aromatic rings. The first kappa shape index (κ1) is 29.7. The van der Waals surface area contributed by atoms with Crippen LogP contribution in [0.5, 0.6) is 0 Å². The summed E-state index contributed by atoms with van der Waals surface area (Å²) in [5, 5.41) is 15.2. The molecule has 1 aromatic heterocycles. The van der Waals surface area contributed by atoms with E-state index >= 15 is 0 Å². The molecule has 190 valence electrons. The van der Waals surface area contributed by atoms with Gasteiger partial charge in [0.15, 0.2) is 6.29 Å². The second-order valence-corrected chi connectivity index (χ2v) is 8.41. The number of nitrogens with one attached hydrogen (secondary N) is 2. The highest BCUT2D eigenvalue weighted by Gasteiger charge is 2.19. The van der Waals surface area contributed by atoms with Crippen LogP contribution >= 0.6 is 0 Å². The molecule has 1 fully saturated rings. The minimum Gasteiger partial charge on any atom is -0.393 e. The highest BCUT2D eigenvalue weighted by molar-refractivity contribution is 5.95. The van der Waals surface area contributed by atoms with Crippen molar-refractivity contribution < 1.29 is 14.7 Å². The smallest absolute Gasteiger partial charge is 0.261 e. The summed E-state index contributed by atoms with van der Waals surface area (Å²) >= 11 is 0. The first-order valence-electron chi connectivity index (χ1n) is 11.9. The van der Waals surface area contributed by atoms with E-state index in [9.17, 15) is 19.5 Å². The second kappa shape index (κ2) is 17.2. The van der Waals surface area contributed by atoms with Crippen molar-refractivity contribution >= 4 is 12.2 Å². The van der Waals surface area contributed by atoms with Crippen molar-refractivity contribution in [2.24, 2.45) is 5.92 Å². The van der Waals surface area contributed by atoms with Crippen LogP contribution in [-0.4, -0.2) is 48.6 Å². The van der Waals surface area contributed by atoms with Crippen molar-refractivity contribution in [3.63, 3.8) is 0 Å². The Hall–Kier alpha value is -3.29. The van der Waals surface area contributed by atoms with Crippen LogP contribution in [0.25, 0.3) is 0 Å². The fourth-order valence-electron chi connectivity index (χ4n) is 3.69. The summed E-state index contributed by atoms with van der Waals surface area (Å²) in [6, 6.07) is 10.8. The molecule has 1 aromatic carbocycles. The molecular weight excluding hydrogens is 442 g/mol. The summed E-state index contributed by atoms with van der Waals surface area (Å²) in [5.41, 5.74) is 0.788. The number of aliphatic hydroxyl groups is 1. The van der Waals surface area contributed by atoms with Crippen LogP contribution in [0, 0.1) is 5.92 Å². The molecular formula is C28H39N3O4. The Morgan fingerprint density at radius 2 is 1.71 bits per heavy atom. The fraction of sp³-hybridized carbons (Fsp3) is 0.393. The zero-order valence-corrected chi connectivity index (χ0v) is 20.9. The Morgan fingerprint density at radius 3 is 2.26 bits per heavy atom. The standard InChI is InChI=1S/C22H26N2O4.C4H6.C2H7N/c25-15-19-12-18(14-24(22(19)28)13-17-4-2-1-3-5-17)21(27)23-11-10-16-6-8-20(26)9-7-16;1-3-4-2;1-3-2/h1-5,12,14-16,20,26H,6-11,13H2,(H,23,27);3-4H,1-2H2;3H,1-2H3. The molecule has 7 heteroatoms. The maximum absolute atomic E-state index is 12.5. The lowest BCUT2D eigenvalue weighted by Gasteiger charge is -2.25. The third kappa shape index (κ3) is 11.1. The molecule has 1 heterocycles. The minimum absolute atomic E-state index is 0.0233. The van der Waals surface area contributed by atoms with Gasteiger partial charge in [-0.3, -0.25) is 14.4 Å². The van der Waals surface area contributed by atoms with Crippen LogP contribution in [0.2, 0.25) is 0 Å². The summed E-state index contributed by atoms with van der Waals surface area (Å²) in [6.45, 7) is 7.56. The molecule has 0 atom stereocenters. The third-order valence-corrected chi connectivity index (χ3v) is 5.52. The molecule has 35 heavy (non-hydrogen) atoms. The number of allylic oxidation sites excluding steroid dienone is 2. The SMILES string of the molecule is C=CC=C.CNC.O=Cc1cc(C(=O)NCCC2CCC(O)CC2)cn(Cc2ccccc2)c1=O. The van der Waals surface area contributed by atoms with Crippen LogP contribution < -0.4 is 16.2 Å². The Kier molecular flexibility index (Phi) is 14.6. The van der Waals surface area contributed by atoms with E-state index in [1.165, 1.54) is 16.8 Å². The molecule has 0 spiro atoms. The molecule has 3 N–H and O–H groups in total. The van der Waals surface area contributed by atoms with Gasteiger partial charge in [-0.25, -0.2) is 0 Å². The first-order chi connectivity index (χ1) is 16.9. The molecule has 1 saturated carbocycles. The molecule has 1 aliphatic carbocycles. The fourth-order valence-corrected chi connectivity index (χ4v) is 3.69. The van der Waals surface area contributed by atoms with Gasteiger partial charge in [0.2, 0.25) is 0 Å². The van der Waals surface area contributed by atoms with E-state index in [2.05, 4.69) is 23.8 Å². The molecule has 0 saturated heterocycles. The van der Waals surface area contributed by atoms with E-state index < -0.39 is 5.56 Å². The number of hydrogen-bond donors (Lipinski definition) is 3. The number of hydrogen-bond acceptors (Lipinski definition) is 5. The largest absolute Gasteiger partial charge is 0.393 e. The molecule has 1 aliphatic rings. The van der Waals surface area contributed by atoms with Crippen LogP contribution in [0.15, 0.2) is 72.7 Å². The predicted molar refractivity (Wildman–Crippen MR) is 142 cm³/mol. The summed E-state index contributed by atoms with van der Waals surface area (Å²) in [4.78, 5) is 36.2. The maximum Gasteiger partial charge on any atom is 0.261 e. The summed E-state index contributed by atoms with van der Waals surface area (Å²) < 4.78 is 1.40. The summed E-state index contributed by atoms with van der Waals surface area (Å²) in [6.07, 6.45) is 9.57. The number of amides is 1. The highest BCUT2D eigenvalue weighted by atomic mass is 16.3. The van der Waals surface area contributed by atoms with E-state index in [-0.39, 0.29) is 17.6 Å². The number of aliphatic hydroxyl groups excluding tert-OH is 1. The van der Waals surface area contributed by atoms with Crippen molar-refractivity contribution in [2.45, 2.75) is 44.8 Å². The Morgan fingerprint density at radius 1 is 1.11 bits per heavy atom. The number of carbonyl (C=O) groups is 2. The number of aldehydes is 1. The lowest BCUT2D eigenvalue weighted by molar-refractivity contribution is 0.0931. The normalized spacial score (nSPS) is 16.4. The number of pyridine rings is 1. The molecule has 0 bridgehead atoms. The van der Waals surface area contributed by atoms with Crippen molar-refractivity contribution in [2.75, 3.05) is 20.6 Å². The Labute approximate surface area is 208 Å². The van der Waals surface area contributed by atoms with E-state index in [1.54, 1.807) is 12.2 Å². The average Bonchev–Trinajstić information content (AvgIpc) is 2.87. The number of rotatable bonds is 8. The number of carbonyl (C=O) groups excluding carboxylic acids is 2. The van der Waals surface area contributed by atoms with Crippen molar-refractivity contribution in [1.29, 1.82) is 0 Å². The van der Waals surface area contributed by atoms with Gasteiger partial charge in [-0.05, 0) is 63.7 Å². The average molecular weight is 482 g/mol. The Balaban J connectivity index is 0.000000778. The monoisotopic (exact) mass is 481 g/mol. The number of nitrogens with zero attached hydrogens (tertiary/aromatic N) is 1. The topological polar surface area (TPSA) is 100 Å². The zero-order valence-electron chi connectivity index (χ0n) is 20.9. The van der Waals surface area contributed by atoms with Crippen LogP contribution in [0.1, 0.15) is 58.4 Å².